The van der Waals surface area contributed by atoms with Crippen LogP contribution in [0.5, 0.6) is 0 Å². The van der Waals surface area contributed by atoms with Gasteiger partial charge in [0.1, 0.15) is 0 Å². The van der Waals surface area contributed by atoms with Gasteiger partial charge in [-0.05, 0) is 6.20 Å². The molecular formula is C11H28N6. The zero-order valence-electron chi connectivity index (χ0n) is 10.7. The minimum Gasteiger partial charge on any atom is -0.375 e. The average Bonchev–Trinajstić information content (AvgIpc) is 2.30. The lowest BCUT2D eigenvalue weighted by Gasteiger charge is -2.21. The number of rotatable bonds is 11. The molecule has 8 N–H and O–H groups in total. The fraction of sp³-hybridized carbons (Fsp3) is 0.818. The predicted molar refractivity (Wildman–Crippen MR) is 73.4 cm³/mol. The molecule has 6 nitrogen and oxygen atoms in total. The second-order valence-corrected chi connectivity index (χ2v) is 3.88. The van der Waals surface area contributed by atoms with Crippen LogP contribution in [0.25, 0.3) is 0 Å². The Morgan fingerprint density at radius 1 is 0.706 bits per heavy atom. The highest BCUT2D eigenvalue weighted by Crippen LogP contribution is 1.91. The number of hydrogen-bond donors (Lipinski definition) is 4. The van der Waals surface area contributed by atoms with Crippen molar-refractivity contribution in [1.82, 2.24) is 9.80 Å². The summed E-state index contributed by atoms with van der Waals surface area (Å²) >= 11 is 0. The van der Waals surface area contributed by atoms with Crippen LogP contribution in [0.1, 0.15) is 0 Å². The predicted octanol–water partition coefficient (Wildman–Crippen LogP) is -2.06. The van der Waals surface area contributed by atoms with E-state index in [1.807, 2.05) is 0 Å². The molecule has 0 amide bonds. The molecule has 0 spiro atoms. The highest BCUT2D eigenvalue weighted by atomic mass is 15.1. The Hall–Kier alpha value is -0.660. The molecule has 0 aliphatic rings. The number of nitrogens with zero attached hydrogens (tertiary/aromatic N) is 2. The van der Waals surface area contributed by atoms with Gasteiger partial charge >= 0.3 is 0 Å². The molecule has 0 heterocycles. The molecule has 0 rings (SSSR count). The monoisotopic (exact) mass is 244 g/mol. The number of hydrogen-bond acceptors (Lipinski definition) is 6. The first-order valence-electron chi connectivity index (χ1n) is 6.21. The molecular weight excluding hydrogens is 216 g/mol. The zero-order chi connectivity index (χ0) is 12.9. The van der Waals surface area contributed by atoms with Crippen molar-refractivity contribution in [2.75, 3.05) is 58.9 Å². The van der Waals surface area contributed by atoms with Crippen LogP contribution in [0, 0.1) is 0 Å². The Labute approximate surface area is 105 Å². The maximum Gasteiger partial charge on any atom is 0.0296 e. The zero-order valence-corrected chi connectivity index (χ0v) is 10.7. The average molecular weight is 244 g/mol. The van der Waals surface area contributed by atoms with Crippen LogP contribution in [-0.4, -0.2) is 68.7 Å². The molecule has 0 radical (unpaired) electrons. The summed E-state index contributed by atoms with van der Waals surface area (Å²) in [5.74, 6) is 0. The third-order valence-electron chi connectivity index (χ3n) is 2.40. The summed E-state index contributed by atoms with van der Waals surface area (Å²) in [4.78, 5) is 4.35. The van der Waals surface area contributed by atoms with Gasteiger partial charge in [-0.1, -0.05) is 6.08 Å². The molecule has 0 saturated heterocycles. The highest BCUT2D eigenvalue weighted by Gasteiger charge is 2.00. The van der Waals surface area contributed by atoms with E-state index in [4.69, 9.17) is 22.9 Å². The fourth-order valence-corrected chi connectivity index (χ4v) is 1.60. The molecule has 0 unspecified atom stereocenters. The van der Waals surface area contributed by atoms with Crippen molar-refractivity contribution in [2.45, 2.75) is 0 Å². The first kappa shape index (κ1) is 16.3. The van der Waals surface area contributed by atoms with Crippen molar-refractivity contribution >= 4 is 0 Å². The van der Waals surface area contributed by atoms with E-state index in [1.54, 1.807) is 0 Å². The minimum absolute atomic E-state index is 0.639. The molecule has 0 aliphatic carbocycles. The highest BCUT2D eigenvalue weighted by molar-refractivity contribution is 4.86. The standard InChI is InChI=1S/C11H28N6/c12-2-8-16(9-3-13)6-1-7-17(10-4-14)11-5-15/h1,6H,2-5,7-15H2. The van der Waals surface area contributed by atoms with Crippen LogP contribution in [0.4, 0.5) is 0 Å². The van der Waals surface area contributed by atoms with Crippen LogP contribution < -0.4 is 22.9 Å². The molecule has 0 aromatic carbocycles. The smallest absolute Gasteiger partial charge is 0.0296 e. The lowest BCUT2D eigenvalue weighted by molar-refractivity contribution is 0.316. The fourth-order valence-electron chi connectivity index (χ4n) is 1.60. The van der Waals surface area contributed by atoms with E-state index in [1.165, 1.54) is 0 Å². The quantitative estimate of drug-likeness (QED) is 0.333. The van der Waals surface area contributed by atoms with Crippen LogP contribution >= 0.6 is 0 Å². The topological polar surface area (TPSA) is 111 Å². The van der Waals surface area contributed by atoms with Crippen molar-refractivity contribution < 1.29 is 0 Å². The molecule has 6 heteroatoms. The van der Waals surface area contributed by atoms with Gasteiger partial charge in [0.15, 0.2) is 0 Å². The minimum atomic E-state index is 0.639. The molecule has 0 bridgehead atoms. The second-order valence-electron chi connectivity index (χ2n) is 3.88. The molecule has 17 heavy (non-hydrogen) atoms. The lowest BCUT2D eigenvalue weighted by atomic mass is 10.4. The Morgan fingerprint density at radius 2 is 1.18 bits per heavy atom. The van der Waals surface area contributed by atoms with Crippen LogP contribution in [0.15, 0.2) is 12.3 Å². The van der Waals surface area contributed by atoms with E-state index in [9.17, 15) is 0 Å². The summed E-state index contributed by atoms with van der Waals surface area (Å²) in [6, 6.07) is 0. The first-order valence-corrected chi connectivity index (χ1v) is 6.21. The Morgan fingerprint density at radius 3 is 1.59 bits per heavy atom. The van der Waals surface area contributed by atoms with E-state index in [2.05, 4.69) is 22.1 Å². The van der Waals surface area contributed by atoms with Gasteiger partial charge in [0.25, 0.3) is 0 Å². The molecule has 0 aromatic heterocycles. The second kappa shape index (κ2) is 11.8. The Balaban J connectivity index is 3.99. The van der Waals surface area contributed by atoms with Gasteiger partial charge in [0.05, 0.1) is 0 Å². The van der Waals surface area contributed by atoms with E-state index in [0.717, 1.165) is 32.7 Å². The SMILES string of the molecule is NCCN(C=CCN(CCN)CCN)CCN. The van der Waals surface area contributed by atoms with Crippen LogP contribution in [0.2, 0.25) is 0 Å². The Kier molecular flexibility index (Phi) is 11.4. The summed E-state index contributed by atoms with van der Waals surface area (Å²) in [6.07, 6.45) is 4.16. The normalized spacial score (nSPS) is 11.6. The van der Waals surface area contributed by atoms with Crippen molar-refractivity contribution in [3.05, 3.63) is 12.3 Å². The van der Waals surface area contributed by atoms with E-state index in [0.29, 0.717) is 26.2 Å². The third-order valence-corrected chi connectivity index (χ3v) is 2.40. The lowest BCUT2D eigenvalue weighted by Crippen LogP contribution is -2.34. The summed E-state index contributed by atoms with van der Waals surface area (Å²) in [7, 11) is 0. The molecule has 0 fully saturated rings. The van der Waals surface area contributed by atoms with Gasteiger partial charge in [-0.3, -0.25) is 4.90 Å². The summed E-state index contributed by atoms with van der Waals surface area (Å²) in [6.45, 7) is 6.86. The maximum absolute atomic E-state index is 5.54. The van der Waals surface area contributed by atoms with E-state index in [-0.39, 0.29) is 0 Å². The largest absolute Gasteiger partial charge is 0.375 e. The molecule has 0 aliphatic heterocycles. The van der Waals surface area contributed by atoms with Crippen molar-refractivity contribution in [3.8, 4) is 0 Å². The van der Waals surface area contributed by atoms with Gasteiger partial charge in [-0.15, -0.1) is 0 Å². The van der Waals surface area contributed by atoms with E-state index >= 15 is 0 Å². The summed E-state index contributed by atoms with van der Waals surface area (Å²) < 4.78 is 0. The van der Waals surface area contributed by atoms with Gasteiger partial charge < -0.3 is 27.8 Å². The molecule has 0 saturated carbocycles. The van der Waals surface area contributed by atoms with Gasteiger partial charge in [0.2, 0.25) is 0 Å². The van der Waals surface area contributed by atoms with E-state index < -0.39 is 0 Å². The first-order chi connectivity index (χ1) is 8.28. The molecule has 0 aromatic rings. The Bertz CT molecular complexity index is 173. The third kappa shape index (κ3) is 9.08. The van der Waals surface area contributed by atoms with Crippen molar-refractivity contribution in [3.63, 3.8) is 0 Å². The van der Waals surface area contributed by atoms with Crippen molar-refractivity contribution in [1.29, 1.82) is 0 Å². The summed E-state index contributed by atoms with van der Waals surface area (Å²) in [5, 5.41) is 0. The molecule has 0 atom stereocenters. The van der Waals surface area contributed by atoms with Gasteiger partial charge in [-0.25, -0.2) is 0 Å². The van der Waals surface area contributed by atoms with Crippen molar-refractivity contribution in [2.24, 2.45) is 22.9 Å². The maximum atomic E-state index is 5.54. The summed E-state index contributed by atoms with van der Waals surface area (Å²) in [5.41, 5.74) is 22.1. The number of nitrogens with two attached hydrogens (primary N) is 4. The van der Waals surface area contributed by atoms with Crippen LogP contribution in [0.3, 0.4) is 0 Å². The van der Waals surface area contributed by atoms with Gasteiger partial charge in [0, 0.05) is 58.9 Å². The van der Waals surface area contributed by atoms with Crippen LogP contribution in [-0.2, 0) is 0 Å². The molecule has 102 valence electrons. The van der Waals surface area contributed by atoms with Gasteiger partial charge in [-0.2, -0.15) is 0 Å².